The van der Waals surface area contributed by atoms with Crippen molar-refractivity contribution in [3.05, 3.63) is 58.5 Å². The lowest BCUT2D eigenvalue weighted by molar-refractivity contribution is 0.101. The summed E-state index contributed by atoms with van der Waals surface area (Å²) in [6.07, 6.45) is 3.74. The van der Waals surface area contributed by atoms with E-state index in [4.69, 9.17) is 5.73 Å². The Morgan fingerprint density at radius 1 is 1.46 bits per heavy atom. The number of allylic oxidation sites excluding steroid dienone is 1. The van der Waals surface area contributed by atoms with Crippen molar-refractivity contribution in [1.82, 2.24) is 20.3 Å². The molecule has 0 saturated carbocycles. The molecule has 4 rings (SSSR count). The average Bonchev–Trinajstić information content (AvgIpc) is 3.26. The number of fused-ring (bicyclic) bond motifs is 2. The van der Waals surface area contributed by atoms with E-state index >= 15 is 0 Å². The van der Waals surface area contributed by atoms with Crippen LogP contribution in [0.1, 0.15) is 48.0 Å². The molecule has 134 valence electrons. The van der Waals surface area contributed by atoms with E-state index in [1.807, 2.05) is 23.0 Å². The molecule has 2 aliphatic rings. The Morgan fingerprint density at radius 3 is 2.96 bits per heavy atom. The molecule has 7 heteroatoms. The molecule has 1 aromatic heterocycles. The maximum absolute atomic E-state index is 12.0. The van der Waals surface area contributed by atoms with Crippen LogP contribution in [0.15, 0.2) is 36.1 Å². The van der Waals surface area contributed by atoms with Gasteiger partial charge in [0.2, 0.25) is 0 Å². The summed E-state index contributed by atoms with van der Waals surface area (Å²) in [6.45, 7) is 6.68. The second kappa shape index (κ2) is 6.09. The predicted octanol–water partition coefficient (Wildman–Crippen LogP) is 1.44. The Kier molecular flexibility index (Phi) is 3.99. The van der Waals surface area contributed by atoms with Gasteiger partial charge in [0.05, 0.1) is 17.4 Å². The summed E-state index contributed by atoms with van der Waals surface area (Å²) < 4.78 is 1.87. The number of nitrogens with zero attached hydrogens (tertiary/aromatic N) is 3. The number of Topliss-reactive ketones (excluding diaryl/α,β-unsaturated/α-hetero) is 1. The number of aromatic nitrogens is 3. The van der Waals surface area contributed by atoms with E-state index in [9.17, 15) is 4.79 Å². The van der Waals surface area contributed by atoms with Gasteiger partial charge in [0.1, 0.15) is 0 Å². The molecular formula is C19H24BN5O. The number of ketones is 1. The van der Waals surface area contributed by atoms with E-state index in [1.165, 1.54) is 11.1 Å². The number of carbonyl (C=O) groups is 1. The van der Waals surface area contributed by atoms with Crippen molar-refractivity contribution in [3.63, 3.8) is 0 Å². The first-order valence-electron chi connectivity index (χ1n) is 9.12. The van der Waals surface area contributed by atoms with Crippen molar-refractivity contribution < 1.29 is 4.79 Å². The molecule has 0 aliphatic carbocycles. The molecule has 1 atom stereocenters. The molecular weight excluding hydrogens is 325 g/mol. The van der Waals surface area contributed by atoms with E-state index in [-0.39, 0.29) is 11.3 Å². The van der Waals surface area contributed by atoms with Gasteiger partial charge in [-0.15, -0.1) is 5.10 Å². The Hall–Kier alpha value is -2.41. The van der Waals surface area contributed by atoms with Crippen LogP contribution >= 0.6 is 0 Å². The SMILES string of the molecule is CC(=O)c1cccc2c1CB1C=C(C(C)(C)n3cc(CN)nn3)NC1C2. The minimum atomic E-state index is -0.326. The molecule has 3 heterocycles. The first-order chi connectivity index (χ1) is 12.4. The minimum absolute atomic E-state index is 0.146. The van der Waals surface area contributed by atoms with E-state index in [0.717, 1.165) is 29.7 Å². The Morgan fingerprint density at radius 2 is 2.27 bits per heavy atom. The van der Waals surface area contributed by atoms with Crippen LogP contribution in [0.5, 0.6) is 0 Å². The monoisotopic (exact) mass is 349 g/mol. The highest BCUT2D eigenvalue weighted by Crippen LogP contribution is 2.33. The third-order valence-electron chi connectivity index (χ3n) is 5.75. The summed E-state index contributed by atoms with van der Waals surface area (Å²) in [5, 5.41) is 12.1. The normalized spacial score (nSPS) is 18.8. The molecule has 0 amide bonds. The Labute approximate surface area is 153 Å². The van der Waals surface area contributed by atoms with Gasteiger partial charge < -0.3 is 11.1 Å². The van der Waals surface area contributed by atoms with Crippen LogP contribution in [0.25, 0.3) is 0 Å². The number of hydrogen-bond donors (Lipinski definition) is 2. The molecule has 2 aliphatic heterocycles. The second-order valence-corrected chi connectivity index (χ2v) is 7.82. The van der Waals surface area contributed by atoms with E-state index in [2.05, 4.69) is 41.5 Å². The third-order valence-corrected chi connectivity index (χ3v) is 5.75. The van der Waals surface area contributed by atoms with Crippen molar-refractivity contribution in [2.45, 2.75) is 51.5 Å². The molecule has 0 fully saturated rings. The van der Waals surface area contributed by atoms with Gasteiger partial charge in [0.15, 0.2) is 12.5 Å². The van der Waals surface area contributed by atoms with Gasteiger partial charge in [-0.05, 0) is 44.6 Å². The highest BCUT2D eigenvalue weighted by atomic mass is 16.1. The molecule has 0 spiro atoms. The Balaban J connectivity index is 1.63. The zero-order valence-corrected chi connectivity index (χ0v) is 15.5. The maximum Gasteiger partial charge on any atom is 0.199 e. The first kappa shape index (κ1) is 17.0. The summed E-state index contributed by atoms with van der Waals surface area (Å²) in [4.78, 5) is 12.0. The fourth-order valence-corrected chi connectivity index (χ4v) is 4.13. The molecule has 1 unspecified atom stereocenters. The second-order valence-electron chi connectivity index (χ2n) is 7.82. The number of rotatable bonds is 4. The summed E-state index contributed by atoms with van der Waals surface area (Å²) in [7, 11) is 0. The lowest BCUT2D eigenvalue weighted by Gasteiger charge is -2.30. The molecule has 0 saturated heterocycles. The van der Waals surface area contributed by atoms with Crippen molar-refractivity contribution >= 4 is 12.5 Å². The van der Waals surface area contributed by atoms with Crippen LogP contribution in [-0.4, -0.2) is 33.4 Å². The van der Waals surface area contributed by atoms with Crippen molar-refractivity contribution in [1.29, 1.82) is 0 Å². The Bertz CT molecular complexity index is 901. The zero-order chi connectivity index (χ0) is 18.5. The summed E-state index contributed by atoms with van der Waals surface area (Å²) >= 11 is 0. The topological polar surface area (TPSA) is 85.8 Å². The van der Waals surface area contributed by atoms with E-state index < -0.39 is 0 Å². The number of carbonyl (C=O) groups excluding carboxylic acids is 1. The van der Waals surface area contributed by atoms with Gasteiger partial charge in [-0.1, -0.05) is 29.4 Å². The molecule has 1 aromatic carbocycles. The van der Waals surface area contributed by atoms with Crippen molar-refractivity contribution in [2.75, 3.05) is 0 Å². The lowest BCUT2D eigenvalue weighted by atomic mass is 9.39. The number of benzene rings is 1. The minimum Gasteiger partial charge on any atom is -0.391 e. The smallest absolute Gasteiger partial charge is 0.199 e. The molecule has 26 heavy (non-hydrogen) atoms. The van der Waals surface area contributed by atoms with Gasteiger partial charge >= 0.3 is 0 Å². The van der Waals surface area contributed by atoms with Crippen LogP contribution < -0.4 is 11.1 Å². The van der Waals surface area contributed by atoms with E-state index in [1.54, 1.807) is 6.92 Å². The lowest BCUT2D eigenvalue weighted by Crippen LogP contribution is -2.45. The van der Waals surface area contributed by atoms with Crippen molar-refractivity contribution in [2.24, 2.45) is 5.73 Å². The largest absolute Gasteiger partial charge is 0.391 e. The molecule has 3 N–H and O–H groups in total. The highest BCUT2D eigenvalue weighted by Gasteiger charge is 2.41. The molecule has 0 radical (unpaired) electrons. The zero-order valence-electron chi connectivity index (χ0n) is 15.5. The standard InChI is InChI=1S/C19H24BN5O/c1-12(26)15-6-4-5-13-7-18-20(8-16(13)15)9-17(22-18)19(2,3)25-11-14(10-21)23-24-25/h4-6,9,11,18,22H,7-8,10,21H2,1-3H3. The van der Waals surface area contributed by atoms with Crippen LogP contribution in [0.3, 0.4) is 0 Å². The number of nitrogens with one attached hydrogen (secondary N) is 1. The van der Waals surface area contributed by atoms with Gasteiger partial charge in [-0.25, -0.2) is 4.68 Å². The van der Waals surface area contributed by atoms with Gasteiger partial charge in [-0.3, -0.25) is 4.79 Å². The number of hydrogen-bond acceptors (Lipinski definition) is 5. The summed E-state index contributed by atoms with van der Waals surface area (Å²) in [6, 6.07) is 6.09. The average molecular weight is 349 g/mol. The molecule has 0 bridgehead atoms. The highest BCUT2D eigenvalue weighted by molar-refractivity contribution is 6.67. The first-order valence-corrected chi connectivity index (χ1v) is 9.12. The fraction of sp³-hybridized carbons (Fsp3) is 0.421. The van der Waals surface area contributed by atoms with Crippen molar-refractivity contribution in [3.8, 4) is 0 Å². The van der Waals surface area contributed by atoms with Crippen LogP contribution in [0, 0.1) is 0 Å². The van der Waals surface area contributed by atoms with Crippen LogP contribution in [0.4, 0.5) is 0 Å². The quantitative estimate of drug-likeness (QED) is 0.644. The van der Waals surface area contributed by atoms with Crippen LogP contribution in [-0.2, 0) is 24.8 Å². The maximum atomic E-state index is 12.0. The van der Waals surface area contributed by atoms with Gasteiger partial charge in [0, 0.05) is 23.7 Å². The van der Waals surface area contributed by atoms with Gasteiger partial charge in [0.25, 0.3) is 0 Å². The summed E-state index contributed by atoms with van der Waals surface area (Å²) in [5.41, 5.74) is 10.6. The number of nitrogens with two attached hydrogens (primary N) is 1. The third kappa shape index (κ3) is 2.67. The van der Waals surface area contributed by atoms with Crippen LogP contribution in [0.2, 0.25) is 0 Å². The van der Waals surface area contributed by atoms with Gasteiger partial charge in [-0.2, -0.15) is 0 Å². The van der Waals surface area contributed by atoms with E-state index in [0.29, 0.717) is 19.2 Å². The molecule has 2 aromatic rings. The predicted molar refractivity (Wildman–Crippen MR) is 102 cm³/mol. The summed E-state index contributed by atoms with van der Waals surface area (Å²) in [5.74, 6) is 2.82. The molecule has 6 nitrogen and oxygen atoms in total. The fourth-order valence-electron chi connectivity index (χ4n) is 4.13.